The van der Waals surface area contributed by atoms with E-state index in [-0.39, 0.29) is 71.8 Å². The van der Waals surface area contributed by atoms with E-state index in [1.807, 2.05) is 24.3 Å². The summed E-state index contributed by atoms with van der Waals surface area (Å²) in [4.78, 5) is 24.9. The Labute approximate surface area is 368 Å². The van der Waals surface area contributed by atoms with Crippen LogP contribution < -0.4 is 19.1 Å². The third-order valence-corrected chi connectivity index (χ3v) is 13.5. The van der Waals surface area contributed by atoms with Crippen molar-refractivity contribution in [1.82, 2.24) is 19.6 Å². The highest BCUT2D eigenvalue weighted by Gasteiger charge is 2.35. The number of aromatic nitrogens is 2. The molecule has 0 unspecified atom stereocenters. The number of fused-ring (bicyclic) bond motifs is 1. The van der Waals surface area contributed by atoms with Crippen molar-refractivity contribution in [3.8, 4) is 17.4 Å². The van der Waals surface area contributed by atoms with Crippen LogP contribution in [-0.2, 0) is 14.8 Å². The summed E-state index contributed by atoms with van der Waals surface area (Å²) in [5.41, 5.74) is 4.39. The molecule has 3 aromatic carbocycles. The monoisotopic (exact) mass is 911 g/mol. The maximum absolute atomic E-state index is 15.4. The van der Waals surface area contributed by atoms with Crippen molar-refractivity contribution in [3.63, 3.8) is 0 Å². The maximum Gasteiger partial charge on any atom is 0.268 e. The van der Waals surface area contributed by atoms with Crippen LogP contribution in [0.5, 0.6) is 17.4 Å². The predicted octanol–water partition coefficient (Wildman–Crippen LogP) is 9.90. The second kappa shape index (κ2) is 17.8. The number of rotatable bonds is 12. The molecule has 0 atom stereocenters. The van der Waals surface area contributed by atoms with Crippen molar-refractivity contribution in [2.45, 2.75) is 62.4 Å². The Balaban J connectivity index is 0.988. The van der Waals surface area contributed by atoms with Gasteiger partial charge in [-0.3, -0.25) is 9.69 Å². The Morgan fingerprint density at radius 1 is 0.984 bits per heavy atom. The number of pyridine rings is 1. The summed E-state index contributed by atoms with van der Waals surface area (Å²) in [5, 5.41) is 1.21. The van der Waals surface area contributed by atoms with Crippen LogP contribution in [0.3, 0.4) is 0 Å². The van der Waals surface area contributed by atoms with E-state index in [0.717, 1.165) is 43.9 Å². The Bertz CT molecular complexity index is 2610. The summed E-state index contributed by atoms with van der Waals surface area (Å²) in [5.74, 6) is -4.81. The number of H-pyrrole nitrogens is 1. The van der Waals surface area contributed by atoms with Gasteiger partial charge in [-0.2, -0.15) is 0 Å². The number of carbonyl (C=O) groups excluding carboxylic acids is 1. The first kappa shape index (κ1) is 43.8. The Kier molecular flexibility index (Phi) is 12.6. The molecule has 1 aliphatic carbocycles. The molecule has 17 heteroatoms. The topological polar surface area (TPSA) is 126 Å². The molecule has 328 valence electrons. The third kappa shape index (κ3) is 10.2. The minimum atomic E-state index is -4.55. The van der Waals surface area contributed by atoms with E-state index in [0.29, 0.717) is 41.3 Å². The van der Waals surface area contributed by atoms with Crippen molar-refractivity contribution in [2.75, 3.05) is 50.8 Å². The van der Waals surface area contributed by atoms with Gasteiger partial charge in [-0.25, -0.2) is 31.3 Å². The molecule has 4 heterocycles. The number of carbonyl (C=O) groups is 1. The summed E-state index contributed by atoms with van der Waals surface area (Å²) in [6, 6.07) is 18.3. The highest BCUT2D eigenvalue weighted by molar-refractivity contribution is 7.90. The smallest absolute Gasteiger partial charge is 0.268 e. The van der Waals surface area contributed by atoms with Crippen LogP contribution in [0.25, 0.3) is 16.5 Å². The second-order valence-electron chi connectivity index (χ2n) is 16.7. The number of piperazine rings is 1. The normalized spacial score (nSPS) is 18.5. The molecule has 0 bridgehead atoms. The highest BCUT2D eigenvalue weighted by Crippen LogP contribution is 2.39. The molecule has 3 aliphatic rings. The molecule has 2 aliphatic heterocycles. The van der Waals surface area contributed by atoms with Crippen LogP contribution in [0.15, 0.2) is 89.6 Å². The van der Waals surface area contributed by atoms with Gasteiger partial charge in [-0.15, -0.1) is 0 Å². The number of nitrogens with zero attached hydrogens (tertiary/aromatic N) is 3. The first-order chi connectivity index (χ1) is 29.5. The molecule has 11 nitrogen and oxygen atoms in total. The van der Waals surface area contributed by atoms with Gasteiger partial charge in [0.2, 0.25) is 11.8 Å². The number of sulfonamides is 1. The molecule has 2 fully saturated rings. The van der Waals surface area contributed by atoms with Gasteiger partial charge in [0.05, 0.1) is 30.6 Å². The number of aromatic amines is 1. The van der Waals surface area contributed by atoms with Gasteiger partial charge in [0.15, 0.2) is 11.6 Å². The lowest BCUT2D eigenvalue weighted by atomic mass is 9.87. The number of ether oxygens (including phenoxy) is 3. The average Bonchev–Trinajstić information content (AvgIpc) is 3.69. The van der Waals surface area contributed by atoms with Crippen LogP contribution in [0.1, 0.15) is 61.9 Å². The zero-order chi connectivity index (χ0) is 43.8. The summed E-state index contributed by atoms with van der Waals surface area (Å²) < 4.78 is 89.7. The summed E-state index contributed by atoms with van der Waals surface area (Å²) in [7, 11) is -4.55. The number of halogens is 5. The van der Waals surface area contributed by atoms with Crippen LogP contribution in [-0.4, -0.2) is 86.7 Å². The average molecular weight is 913 g/mol. The largest absolute Gasteiger partial charge is 0.476 e. The first-order valence-corrected chi connectivity index (χ1v) is 22.6. The number of benzene rings is 3. The Morgan fingerprint density at radius 2 is 1.73 bits per heavy atom. The van der Waals surface area contributed by atoms with Crippen LogP contribution in [0.4, 0.5) is 18.9 Å². The van der Waals surface area contributed by atoms with E-state index in [1.165, 1.54) is 29.3 Å². The molecule has 1 amide bonds. The van der Waals surface area contributed by atoms with Gasteiger partial charge in [-0.1, -0.05) is 35.3 Å². The van der Waals surface area contributed by atoms with E-state index >= 15 is 4.39 Å². The number of anilines is 1. The van der Waals surface area contributed by atoms with E-state index < -0.39 is 32.6 Å². The fourth-order valence-electron chi connectivity index (χ4n) is 8.09. The van der Waals surface area contributed by atoms with Gasteiger partial charge < -0.3 is 24.1 Å². The van der Waals surface area contributed by atoms with Gasteiger partial charge in [0.25, 0.3) is 15.9 Å². The summed E-state index contributed by atoms with van der Waals surface area (Å²) >= 11 is 12.6. The van der Waals surface area contributed by atoms with Crippen molar-refractivity contribution in [3.05, 3.63) is 112 Å². The lowest BCUT2D eigenvalue weighted by Crippen LogP contribution is -2.47. The SMILES string of the molecule is CC1(C)CC(c2ccc(Cl)cc2)=C(CN2CCN(c3ccc(C(=O)NS(=O)(=O)c4cnc(OCC5CCC(F)(F)CC5)c(Cl)c4)c(Oc4cc5cc[nH]c5cc4F)c3)CC2)CO1. The lowest BCUT2D eigenvalue weighted by Gasteiger charge is -2.39. The van der Waals surface area contributed by atoms with Crippen molar-refractivity contribution in [1.29, 1.82) is 0 Å². The molecule has 8 rings (SSSR count). The van der Waals surface area contributed by atoms with Gasteiger partial charge in [0.1, 0.15) is 15.7 Å². The standard InChI is InChI=1S/C45H46Cl2F3N5O6S/c1-44(2)23-36(29-3-5-32(46)6-4-29)31(27-60-44)25-54-15-17-55(18-16-54)33-7-8-35(40(20-33)61-41-19-30-11-14-51-39(30)22-38(41)48)42(56)53-62(57,58)34-21-37(47)43(52-24-34)59-26-28-9-12-45(49,50)13-10-28/h3-8,11,14,19-22,24,28,51H,9-10,12-13,15-18,23,25-27H2,1-2H3,(H,53,56). The number of alkyl halides is 2. The van der Waals surface area contributed by atoms with E-state index in [1.54, 1.807) is 24.4 Å². The van der Waals surface area contributed by atoms with Crippen LogP contribution in [0, 0.1) is 11.7 Å². The molecule has 62 heavy (non-hydrogen) atoms. The van der Waals surface area contributed by atoms with Gasteiger partial charge in [0, 0.05) is 91.9 Å². The fourth-order valence-corrected chi connectivity index (χ4v) is 9.44. The number of hydrogen-bond acceptors (Lipinski definition) is 9. The highest BCUT2D eigenvalue weighted by atomic mass is 35.5. The molecule has 0 radical (unpaired) electrons. The Hall–Kier alpha value is -4.80. The number of hydrogen-bond donors (Lipinski definition) is 2. The third-order valence-electron chi connectivity index (χ3n) is 11.7. The van der Waals surface area contributed by atoms with Crippen molar-refractivity contribution in [2.24, 2.45) is 5.92 Å². The minimum absolute atomic E-state index is 0.0605. The van der Waals surface area contributed by atoms with Gasteiger partial charge in [-0.05, 0) is 91.8 Å². The molecule has 2 aromatic heterocycles. The van der Waals surface area contributed by atoms with E-state index in [2.05, 4.69) is 38.3 Å². The van der Waals surface area contributed by atoms with Crippen molar-refractivity contribution < 1.29 is 40.6 Å². The molecular weight excluding hydrogens is 866 g/mol. The van der Waals surface area contributed by atoms with E-state index in [4.69, 9.17) is 37.4 Å². The molecule has 0 spiro atoms. The van der Waals surface area contributed by atoms with E-state index in [9.17, 15) is 22.0 Å². The fraction of sp³-hybridized carbons (Fsp3) is 0.378. The second-order valence-corrected chi connectivity index (χ2v) is 19.2. The first-order valence-electron chi connectivity index (χ1n) is 20.4. The molecule has 5 aromatic rings. The molecule has 1 saturated carbocycles. The molecule has 1 saturated heterocycles. The van der Waals surface area contributed by atoms with Gasteiger partial charge >= 0.3 is 0 Å². The van der Waals surface area contributed by atoms with Crippen LogP contribution >= 0.6 is 23.2 Å². The minimum Gasteiger partial charge on any atom is -0.476 e. The predicted molar refractivity (Wildman–Crippen MR) is 233 cm³/mol. The summed E-state index contributed by atoms with van der Waals surface area (Å²) in [6.07, 6.45) is 3.52. The van der Waals surface area contributed by atoms with Crippen molar-refractivity contribution >= 4 is 61.3 Å². The summed E-state index contributed by atoms with van der Waals surface area (Å²) in [6.45, 7) is 8.22. The molecule has 2 N–H and O–H groups in total. The number of amides is 1. The quantitative estimate of drug-likeness (QED) is 0.126. The Morgan fingerprint density at radius 3 is 2.45 bits per heavy atom. The zero-order valence-corrected chi connectivity index (χ0v) is 36.5. The number of nitrogens with one attached hydrogen (secondary N) is 2. The molecular formula is C45H46Cl2F3N5O6S. The van der Waals surface area contributed by atoms with Crippen LogP contribution in [0.2, 0.25) is 10.0 Å². The lowest BCUT2D eigenvalue weighted by molar-refractivity contribution is -0.0500. The maximum atomic E-state index is 15.4. The zero-order valence-electron chi connectivity index (χ0n) is 34.2.